The van der Waals surface area contributed by atoms with Gasteiger partial charge in [-0.05, 0) is 18.2 Å². The van der Waals surface area contributed by atoms with E-state index in [1.165, 1.54) is 19.2 Å². The van der Waals surface area contributed by atoms with Crippen molar-refractivity contribution in [3.8, 4) is 0 Å². The van der Waals surface area contributed by atoms with E-state index >= 15 is 0 Å². The summed E-state index contributed by atoms with van der Waals surface area (Å²) in [5.74, 6) is -1.97. The Morgan fingerprint density at radius 3 is 2.26 bits per heavy atom. The fourth-order valence-corrected chi connectivity index (χ4v) is 3.35. The van der Waals surface area contributed by atoms with E-state index in [0.29, 0.717) is 6.21 Å². The Balaban J connectivity index is 2.15. The van der Waals surface area contributed by atoms with Gasteiger partial charge in [0, 0.05) is 24.3 Å². The van der Waals surface area contributed by atoms with Gasteiger partial charge in [-0.1, -0.05) is 32.7 Å². The summed E-state index contributed by atoms with van der Waals surface area (Å²) in [4.78, 5) is 48.4. The lowest BCUT2D eigenvalue weighted by molar-refractivity contribution is -0.385. The van der Waals surface area contributed by atoms with Gasteiger partial charge >= 0.3 is 11.9 Å². The fraction of sp³-hybridized carbons (Fsp3) is 0.250. The molecule has 2 rings (SSSR count). The third-order valence-electron chi connectivity index (χ3n) is 4.29. The van der Waals surface area contributed by atoms with Crippen molar-refractivity contribution in [1.82, 2.24) is 0 Å². The smallest absolute Gasteiger partial charge is 0.340 e. The maximum absolute atomic E-state index is 14.8. The second-order valence-electron chi connectivity index (χ2n) is 6.59. The Bertz CT molecular complexity index is 1130. The van der Waals surface area contributed by atoms with Crippen molar-refractivity contribution in [1.29, 1.82) is 0 Å². The summed E-state index contributed by atoms with van der Waals surface area (Å²) in [6.07, 6.45) is -2.92. The average Bonchev–Trinajstić information content (AvgIpc) is 2.83. The van der Waals surface area contributed by atoms with Crippen LogP contribution < -0.4 is 0 Å². The quantitative estimate of drug-likeness (QED) is 0.125. The molecule has 15 heteroatoms. The predicted octanol–water partition coefficient (Wildman–Crippen LogP) is 4.27. The van der Waals surface area contributed by atoms with Crippen LogP contribution in [0.25, 0.3) is 0 Å². The molecule has 0 heterocycles. The average molecular weight is 577 g/mol. The minimum Gasteiger partial charge on any atom is -0.461 e. The van der Waals surface area contributed by atoms with Crippen molar-refractivity contribution in [2.24, 2.45) is 5.16 Å². The SMILES string of the molecule is CON=C[C@@H](F)[C@H](OC(=O)c1ccc([N+](=O)[O-])cc1Cl)[C@@H](Br)COC(=O)c1ccc([N+](=O)[O-])cc1. The summed E-state index contributed by atoms with van der Waals surface area (Å²) in [5, 5.41) is 24.6. The Kier molecular flexibility index (Phi) is 10.0. The highest BCUT2D eigenvalue weighted by Crippen LogP contribution is 2.25. The van der Waals surface area contributed by atoms with Gasteiger partial charge in [0.2, 0.25) is 0 Å². The molecule has 186 valence electrons. The molecule has 0 fully saturated rings. The Morgan fingerprint density at radius 1 is 1.11 bits per heavy atom. The Morgan fingerprint density at radius 2 is 1.71 bits per heavy atom. The number of benzene rings is 2. The zero-order valence-electron chi connectivity index (χ0n) is 17.7. The van der Waals surface area contributed by atoms with Crippen molar-refractivity contribution in [3.05, 3.63) is 78.8 Å². The van der Waals surface area contributed by atoms with Crippen molar-refractivity contribution in [3.63, 3.8) is 0 Å². The summed E-state index contributed by atoms with van der Waals surface area (Å²) in [6.45, 7) is -0.483. The van der Waals surface area contributed by atoms with Crippen molar-refractivity contribution in [2.45, 2.75) is 17.1 Å². The first kappa shape index (κ1) is 27.6. The van der Waals surface area contributed by atoms with Crippen LogP contribution in [-0.4, -0.2) is 58.8 Å². The van der Waals surface area contributed by atoms with Gasteiger partial charge in [0.1, 0.15) is 13.7 Å². The number of ether oxygens (including phenoxy) is 2. The minimum absolute atomic E-state index is 0.000694. The highest BCUT2D eigenvalue weighted by atomic mass is 79.9. The van der Waals surface area contributed by atoms with Crippen LogP contribution in [0, 0.1) is 20.2 Å². The predicted molar refractivity (Wildman–Crippen MR) is 124 cm³/mol. The summed E-state index contributed by atoms with van der Waals surface area (Å²) in [5.41, 5.74) is -0.857. The molecule has 12 nitrogen and oxygen atoms in total. The van der Waals surface area contributed by atoms with E-state index in [9.17, 15) is 34.2 Å². The summed E-state index contributed by atoms with van der Waals surface area (Å²) >= 11 is 9.04. The molecule has 2 aromatic carbocycles. The molecule has 3 atom stereocenters. The van der Waals surface area contributed by atoms with Gasteiger partial charge in [-0.25, -0.2) is 14.0 Å². The van der Waals surface area contributed by atoms with Crippen LogP contribution in [0.5, 0.6) is 0 Å². The molecule has 0 saturated carbocycles. The molecule has 0 radical (unpaired) electrons. The number of oxime groups is 1. The zero-order chi connectivity index (χ0) is 26.1. The molecule has 2 aromatic rings. The lowest BCUT2D eigenvalue weighted by atomic mass is 10.1. The maximum Gasteiger partial charge on any atom is 0.340 e. The van der Waals surface area contributed by atoms with E-state index in [0.717, 1.165) is 30.3 Å². The molecule has 0 saturated heterocycles. The van der Waals surface area contributed by atoms with E-state index in [4.69, 9.17) is 21.1 Å². The van der Waals surface area contributed by atoms with Gasteiger partial charge in [-0.15, -0.1) is 0 Å². The van der Waals surface area contributed by atoms with E-state index in [1.807, 2.05) is 0 Å². The first-order chi connectivity index (χ1) is 16.5. The lowest BCUT2D eigenvalue weighted by Crippen LogP contribution is -2.40. The van der Waals surface area contributed by atoms with Crippen LogP contribution >= 0.6 is 27.5 Å². The number of nitro benzene ring substituents is 2. The Labute approximate surface area is 210 Å². The third-order valence-corrected chi connectivity index (χ3v) is 5.39. The summed E-state index contributed by atoms with van der Waals surface area (Å²) in [6, 6.07) is 7.59. The van der Waals surface area contributed by atoms with Gasteiger partial charge in [-0.2, -0.15) is 0 Å². The summed E-state index contributed by atoms with van der Waals surface area (Å²) in [7, 11) is 1.17. The number of nitrogens with zero attached hydrogens (tertiary/aromatic N) is 3. The molecule has 0 bridgehead atoms. The number of rotatable bonds is 11. The zero-order valence-corrected chi connectivity index (χ0v) is 20.0. The number of halogens is 3. The van der Waals surface area contributed by atoms with Crippen molar-refractivity contribution in [2.75, 3.05) is 13.7 Å². The van der Waals surface area contributed by atoms with Gasteiger partial charge in [0.05, 0.1) is 37.0 Å². The van der Waals surface area contributed by atoms with Crippen LogP contribution in [0.15, 0.2) is 47.6 Å². The number of non-ortho nitro benzene ring substituents is 2. The van der Waals surface area contributed by atoms with Gasteiger partial charge < -0.3 is 14.3 Å². The van der Waals surface area contributed by atoms with Crippen LogP contribution in [0.1, 0.15) is 20.7 Å². The number of hydrogen-bond acceptors (Lipinski definition) is 10. The van der Waals surface area contributed by atoms with Crippen LogP contribution in [-0.2, 0) is 14.3 Å². The van der Waals surface area contributed by atoms with E-state index in [1.54, 1.807) is 0 Å². The lowest BCUT2D eigenvalue weighted by Gasteiger charge is -2.24. The van der Waals surface area contributed by atoms with Crippen LogP contribution in [0.4, 0.5) is 15.8 Å². The molecule has 0 N–H and O–H groups in total. The number of carbonyl (C=O) groups is 2. The summed E-state index contributed by atoms with van der Waals surface area (Å²) < 4.78 is 25.0. The Hall–Kier alpha value is -3.65. The molecular weight excluding hydrogens is 561 g/mol. The topological polar surface area (TPSA) is 160 Å². The van der Waals surface area contributed by atoms with Gasteiger partial charge in [0.15, 0.2) is 12.3 Å². The molecule has 0 aliphatic rings. The van der Waals surface area contributed by atoms with Gasteiger partial charge in [-0.3, -0.25) is 20.2 Å². The highest BCUT2D eigenvalue weighted by molar-refractivity contribution is 9.09. The van der Waals surface area contributed by atoms with E-state index in [2.05, 4.69) is 25.9 Å². The fourth-order valence-electron chi connectivity index (χ4n) is 2.57. The highest BCUT2D eigenvalue weighted by Gasteiger charge is 2.33. The van der Waals surface area contributed by atoms with E-state index < -0.39 is 45.5 Å². The minimum atomic E-state index is -2.03. The monoisotopic (exact) mass is 575 g/mol. The second kappa shape index (κ2) is 12.7. The second-order valence-corrected chi connectivity index (χ2v) is 8.17. The number of carbonyl (C=O) groups excluding carboxylic acids is 2. The molecule has 35 heavy (non-hydrogen) atoms. The van der Waals surface area contributed by atoms with Crippen molar-refractivity contribution >= 4 is 57.1 Å². The molecule has 0 spiro atoms. The molecule has 0 aliphatic carbocycles. The molecule has 0 aromatic heterocycles. The molecule has 0 unspecified atom stereocenters. The third kappa shape index (κ3) is 7.68. The standard InChI is InChI=1S/C20H16BrClFN3O9/c1-33-24-9-17(23)18(35-20(28)14-7-6-13(26(31)32)8-16(14)22)15(21)10-34-19(27)11-2-4-12(5-3-11)25(29)30/h2-9,15,17-18H,10H2,1H3/t15-,17+,18+/m0/s1. The number of hydrogen-bond donors (Lipinski definition) is 0. The largest absolute Gasteiger partial charge is 0.461 e. The van der Waals surface area contributed by atoms with Crippen LogP contribution in [0.2, 0.25) is 5.02 Å². The van der Waals surface area contributed by atoms with Crippen molar-refractivity contribution < 1.29 is 38.1 Å². The normalized spacial score (nSPS) is 13.5. The first-order valence-electron chi connectivity index (χ1n) is 9.46. The first-order valence-corrected chi connectivity index (χ1v) is 10.8. The van der Waals surface area contributed by atoms with Gasteiger partial charge in [0.25, 0.3) is 11.4 Å². The number of alkyl halides is 2. The molecular formula is C20H16BrClFN3O9. The van der Waals surface area contributed by atoms with E-state index in [-0.39, 0.29) is 27.5 Å². The number of esters is 2. The van der Waals surface area contributed by atoms with Crippen LogP contribution in [0.3, 0.4) is 0 Å². The maximum atomic E-state index is 14.8. The number of nitro groups is 2. The molecule has 0 amide bonds. The molecule has 0 aliphatic heterocycles.